The molecular formula is C44H52Cl2N4O2. The number of benzene rings is 2. The third kappa shape index (κ3) is 6.99. The van der Waals surface area contributed by atoms with E-state index in [4.69, 9.17) is 37.9 Å². The average Bonchev–Trinajstić information content (AvgIpc) is 3.37. The summed E-state index contributed by atoms with van der Waals surface area (Å²) < 4.78 is 5.19. The van der Waals surface area contributed by atoms with Crippen molar-refractivity contribution in [3.05, 3.63) is 128 Å². The highest BCUT2D eigenvalue weighted by Gasteiger charge is 2.45. The first-order valence-corrected chi connectivity index (χ1v) is 19.9. The number of aromatic nitrogens is 2. The summed E-state index contributed by atoms with van der Waals surface area (Å²) in [6.07, 6.45) is 12.1. The molecule has 6 nitrogen and oxygen atoms in total. The third-order valence-corrected chi connectivity index (χ3v) is 13.2. The van der Waals surface area contributed by atoms with Crippen LogP contribution >= 0.6 is 23.2 Å². The molecule has 8 rings (SSSR count). The van der Waals surface area contributed by atoms with Crippen LogP contribution in [0.2, 0.25) is 10.0 Å². The molecule has 4 heterocycles. The topological polar surface area (TPSA) is 58.6 Å². The lowest BCUT2D eigenvalue weighted by Crippen LogP contribution is -2.45. The van der Waals surface area contributed by atoms with Gasteiger partial charge in [0.2, 0.25) is 0 Å². The van der Waals surface area contributed by atoms with Crippen LogP contribution in [0.3, 0.4) is 0 Å². The number of ether oxygens (including phenoxy) is 1. The number of likely N-dealkylation sites (tertiary alicyclic amines) is 2. The summed E-state index contributed by atoms with van der Waals surface area (Å²) in [6, 6.07) is 21.4. The number of carbonyl (C=O) groups excluding carboxylic acids is 1. The Bertz CT molecular complexity index is 1900. The molecule has 0 N–H and O–H groups in total. The molecular weight excluding hydrogens is 687 g/mol. The molecule has 1 amide bonds. The SMILES string of the molecule is CCOC(=O)N1CCC(C2(C)c3ccc(Cl)cc3CCc3cccnc32)CC1.CN1CCC(C2(C)c3ccc(Cl)cc3CCc3cccnc32)CC1. The summed E-state index contributed by atoms with van der Waals surface area (Å²) in [5.74, 6) is 1.03. The highest BCUT2D eigenvalue weighted by molar-refractivity contribution is 6.31. The summed E-state index contributed by atoms with van der Waals surface area (Å²) in [5.41, 5.74) is 10.5. The second-order valence-electron chi connectivity index (χ2n) is 15.6. The van der Waals surface area contributed by atoms with Crippen molar-refractivity contribution in [3.8, 4) is 0 Å². The maximum atomic E-state index is 12.1. The number of hydrogen-bond acceptors (Lipinski definition) is 5. The van der Waals surface area contributed by atoms with E-state index >= 15 is 0 Å². The quantitative estimate of drug-likeness (QED) is 0.210. The largest absolute Gasteiger partial charge is 0.450 e. The van der Waals surface area contributed by atoms with Crippen LogP contribution < -0.4 is 0 Å². The van der Waals surface area contributed by atoms with Crippen LogP contribution in [0.4, 0.5) is 4.79 Å². The lowest BCUT2D eigenvalue weighted by atomic mass is 9.64. The van der Waals surface area contributed by atoms with E-state index in [-0.39, 0.29) is 16.9 Å². The van der Waals surface area contributed by atoms with Crippen LogP contribution in [0.5, 0.6) is 0 Å². The normalized spacial score (nSPS) is 23.5. The van der Waals surface area contributed by atoms with Crippen LogP contribution in [0, 0.1) is 11.8 Å². The molecule has 2 fully saturated rings. The number of aryl methyl sites for hydroxylation is 4. The van der Waals surface area contributed by atoms with Crippen LogP contribution in [-0.2, 0) is 41.3 Å². The van der Waals surface area contributed by atoms with Crippen LogP contribution in [0.15, 0.2) is 73.1 Å². The Kier molecular flexibility index (Phi) is 11.0. The fourth-order valence-corrected chi connectivity index (χ4v) is 10.2. The van der Waals surface area contributed by atoms with Crippen molar-refractivity contribution < 1.29 is 9.53 Å². The second kappa shape index (κ2) is 15.5. The van der Waals surface area contributed by atoms with Crippen molar-refractivity contribution in [3.63, 3.8) is 0 Å². The molecule has 0 saturated carbocycles. The van der Waals surface area contributed by atoms with E-state index < -0.39 is 0 Å². The Hall–Kier alpha value is -3.45. The lowest BCUT2D eigenvalue weighted by Gasteiger charge is -2.43. The molecule has 2 aliphatic heterocycles. The smallest absolute Gasteiger partial charge is 0.409 e. The van der Waals surface area contributed by atoms with Gasteiger partial charge < -0.3 is 14.5 Å². The number of amides is 1. The van der Waals surface area contributed by atoms with Gasteiger partial charge >= 0.3 is 6.09 Å². The molecule has 2 aliphatic carbocycles. The maximum absolute atomic E-state index is 12.1. The molecule has 52 heavy (non-hydrogen) atoms. The Morgan fingerprint density at radius 1 is 0.712 bits per heavy atom. The molecule has 274 valence electrons. The number of piperidine rings is 2. The fraction of sp³-hybridized carbons (Fsp3) is 0.477. The molecule has 0 bridgehead atoms. The summed E-state index contributed by atoms with van der Waals surface area (Å²) in [4.78, 5) is 26.2. The molecule has 2 unspecified atom stereocenters. The summed E-state index contributed by atoms with van der Waals surface area (Å²) in [6.45, 7) is 10.8. The van der Waals surface area contributed by atoms with Gasteiger partial charge in [0, 0.05) is 46.4 Å². The van der Waals surface area contributed by atoms with Crippen LogP contribution in [0.1, 0.15) is 91.2 Å². The van der Waals surface area contributed by atoms with Gasteiger partial charge in [-0.2, -0.15) is 0 Å². The first-order chi connectivity index (χ1) is 25.1. The Morgan fingerprint density at radius 3 is 1.62 bits per heavy atom. The van der Waals surface area contributed by atoms with Crippen molar-refractivity contribution in [2.75, 3.05) is 39.8 Å². The van der Waals surface area contributed by atoms with Crippen molar-refractivity contribution in [2.24, 2.45) is 11.8 Å². The van der Waals surface area contributed by atoms with Crippen molar-refractivity contribution in [1.82, 2.24) is 19.8 Å². The number of fused-ring (bicyclic) bond motifs is 4. The van der Waals surface area contributed by atoms with E-state index in [1.807, 2.05) is 36.4 Å². The van der Waals surface area contributed by atoms with Crippen LogP contribution in [-0.4, -0.2) is 65.7 Å². The fourth-order valence-electron chi connectivity index (χ4n) is 9.83. The minimum Gasteiger partial charge on any atom is -0.450 e. The zero-order valence-electron chi connectivity index (χ0n) is 31.1. The summed E-state index contributed by atoms with van der Waals surface area (Å²) in [7, 11) is 2.23. The second-order valence-corrected chi connectivity index (χ2v) is 16.4. The van der Waals surface area contributed by atoms with Crippen molar-refractivity contribution in [2.45, 2.75) is 83.0 Å². The summed E-state index contributed by atoms with van der Waals surface area (Å²) in [5, 5.41) is 1.63. The number of rotatable bonds is 3. The highest BCUT2D eigenvalue weighted by Crippen LogP contribution is 2.49. The standard InChI is InChI=1S/C23H27ClN2O2.C21H25ClN2/c1-3-28-22(27)26-13-10-18(11-14-26)23(2)20-9-8-19(24)15-17(20)7-6-16-5-4-12-25-21(16)23;1-21(17-9-12-24(2)13-10-17)19-8-7-18(22)14-16(19)6-5-15-4-3-11-23-20(15)21/h4-5,8-9,12,15,18H,3,6-7,10-11,13-14H2,1-2H3;3-4,7-8,11,14,17H,5-6,9-10,12-13H2,1-2H3. The first kappa shape index (κ1) is 36.9. The molecule has 8 heteroatoms. The number of carbonyl (C=O) groups is 1. The van der Waals surface area contributed by atoms with E-state index in [1.54, 1.807) is 0 Å². The van der Waals surface area contributed by atoms with E-state index in [0.717, 1.165) is 61.7 Å². The lowest BCUT2D eigenvalue weighted by molar-refractivity contribution is 0.0840. The van der Waals surface area contributed by atoms with E-state index in [2.05, 4.69) is 74.3 Å². The molecule has 0 radical (unpaired) electrons. The van der Waals surface area contributed by atoms with Crippen LogP contribution in [0.25, 0.3) is 0 Å². The number of hydrogen-bond donors (Lipinski definition) is 0. The Morgan fingerprint density at radius 2 is 1.15 bits per heavy atom. The number of halogens is 2. The van der Waals surface area contributed by atoms with E-state index in [0.29, 0.717) is 18.4 Å². The first-order valence-electron chi connectivity index (χ1n) is 19.2. The maximum Gasteiger partial charge on any atom is 0.409 e. The minimum atomic E-state index is -0.197. The molecule has 0 spiro atoms. The summed E-state index contributed by atoms with van der Waals surface area (Å²) >= 11 is 12.6. The molecule has 2 aromatic carbocycles. The predicted molar refractivity (Wildman–Crippen MR) is 211 cm³/mol. The van der Waals surface area contributed by atoms with Gasteiger partial charge in [0.15, 0.2) is 0 Å². The van der Waals surface area contributed by atoms with Crippen molar-refractivity contribution in [1.29, 1.82) is 0 Å². The van der Waals surface area contributed by atoms with Gasteiger partial charge in [-0.1, -0.05) is 47.5 Å². The van der Waals surface area contributed by atoms with Gasteiger partial charge in [-0.3, -0.25) is 9.97 Å². The van der Waals surface area contributed by atoms with Crippen molar-refractivity contribution >= 4 is 29.3 Å². The monoisotopic (exact) mass is 738 g/mol. The molecule has 2 saturated heterocycles. The molecule has 2 aromatic heterocycles. The number of nitrogens with zero attached hydrogens (tertiary/aromatic N) is 4. The average molecular weight is 740 g/mol. The van der Waals surface area contributed by atoms with Gasteiger partial charge in [-0.25, -0.2) is 4.79 Å². The predicted octanol–water partition coefficient (Wildman–Crippen LogP) is 9.49. The Balaban J connectivity index is 0.000000164. The van der Waals surface area contributed by atoms with Gasteiger partial charge in [0.1, 0.15) is 0 Å². The zero-order valence-corrected chi connectivity index (χ0v) is 32.6. The van der Waals surface area contributed by atoms with Gasteiger partial charge in [-0.15, -0.1) is 0 Å². The Labute approximate surface area is 319 Å². The van der Waals surface area contributed by atoms with E-state index in [9.17, 15) is 4.79 Å². The van der Waals surface area contributed by atoms with Gasteiger partial charge in [0.25, 0.3) is 0 Å². The van der Waals surface area contributed by atoms with E-state index in [1.165, 1.54) is 70.7 Å². The zero-order chi connectivity index (χ0) is 36.5. The number of pyridine rings is 2. The van der Waals surface area contributed by atoms with Gasteiger partial charge in [-0.05, 0) is 174 Å². The highest BCUT2D eigenvalue weighted by atomic mass is 35.5. The van der Waals surface area contributed by atoms with Gasteiger partial charge in [0.05, 0.1) is 18.0 Å². The molecule has 2 atom stereocenters. The minimum absolute atomic E-state index is 0.0196. The third-order valence-electron chi connectivity index (χ3n) is 12.7. The molecule has 4 aliphatic rings. The molecule has 4 aromatic rings.